The lowest BCUT2D eigenvalue weighted by Gasteiger charge is -2.18. The molecule has 1 amide bonds. The zero-order chi connectivity index (χ0) is 19.5. The number of aromatic hydroxyl groups is 1. The summed E-state index contributed by atoms with van der Waals surface area (Å²) in [4.78, 5) is 21.7. The molecule has 0 aliphatic rings. The first-order chi connectivity index (χ1) is 12.1. The normalized spacial score (nSPS) is 12.5. The maximum atomic E-state index is 12.9. The Kier molecular flexibility index (Phi) is 5.46. The molecular formula is C16H13F3N2O5. The van der Waals surface area contributed by atoms with E-state index in [1.807, 2.05) is 0 Å². The summed E-state index contributed by atoms with van der Waals surface area (Å²) < 4.78 is 38.8. The highest BCUT2D eigenvalue weighted by atomic mass is 19.4. The summed E-state index contributed by atoms with van der Waals surface area (Å²) in [6.45, 7) is -0.524. The molecule has 0 bridgehead atoms. The molecule has 7 nitrogen and oxygen atoms in total. The number of amides is 1. The van der Waals surface area contributed by atoms with Gasteiger partial charge in [0.2, 0.25) is 0 Å². The van der Waals surface area contributed by atoms with Crippen LogP contribution in [0.25, 0.3) is 0 Å². The molecule has 26 heavy (non-hydrogen) atoms. The van der Waals surface area contributed by atoms with Crippen molar-refractivity contribution in [1.29, 1.82) is 0 Å². The molecule has 2 aromatic rings. The Morgan fingerprint density at radius 3 is 2.46 bits per heavy atom. The first-order valence-corrected chi connectivity index (χ1v) is 7.21. The van der Waals surface area contributed by atoms with Crippen LogP contribution in [0.2, 0.25) is 0 Å². The number of aliphatic hydroxyl groups is 1. The molecule has 1 unspecified atom stereocenters. The second-order valence-corrected chi connectivity index (χ2v) is 5.27. The third-order valence-corrected chi connectivity index (χ3v) is 3.52. The molecule has 0 aromatic heterocycles. The van der Waals surface area contributed by atoms with Crippen LogP contribution in [0, 0.1) is 10.1 Å². The zero-order valence-corrected chi connectivity index (χ0v) is 13.0. The number of aliphatic hydroxyl groups excluding tert-OH is 1. The minimum absolute atomic E-state index is 0.149. The molecule has 138 valence electrons. The molecule has 0 saturated heterocycles. The molecule has 0 aliphatic carbocycles. The fourth-order valence-electron chi connectivity index (χ4n) is 2.27. The van der Waals surface area contributed by atoms with Gasteiger partial charge in [0, 0.05) is 18.2 Å². The summed E-state index contributed by atoms with van der Waals surface area (Å²) >= 11 is 0. The van der Waals surface area contributed by atoms with E-state index in [4.69, 9.17) is 0 Å². The summed E-state index contributed by atoms with van der Waals surface area (Å²) in [6.07, 6.45) is -6.28. The lowest BCUT2D eigenvalue weighted by atomic mass is 10.0. The van der Waals surface area contributed by atoms with Crippen molar-refractivity contribution in [2.45, 2.75) is 12.3 Å². The number of carbonyl (C=O) groups excluding carboxylic acids is 1. The number of halogens is 3. The number of phenols is 1. The first kappa shape index (κ1) is 19.2. The van der Waals surface area contributed by atoms with Gasteiger partial charge in [-0.3, -0.25) is 14.9 Å². The molecule has 10 heteroatoms. The van der Waals surface area contributed by atoms with Gasteiger partial charge in [-0.1, -0.05) is 18.2 Å². The number of carbonyl (C=O) groups is 1. The van der Waals surface area contributed by atoms with E-state index in [-0.39, 0.29) is 5.56 Å². The van der Waals surface area contributed by atoms with Gasteiger partial charge in [0.25, 0.3) is 5.91 Å². The van der Waals surface area contributed by atoms with Crippen LogP contribution in [0.5, 0.6) is 5.75 Å². The van der Waals surface area contributed by atoms with Gasteiger partial charge in [0.05, 0.1) is 16.6 Å². The summed E-state index contributed by atoms with van der Waals surface area (Å²) in [5.74, 6) is -1.55. The van der Waals surface area contributed by atoms with Crippen LogP contribution in [0.3, 0.4) is 0 Å². The fourth-order valence-corrected chi connectivity index (χ4v) is 2.27. The van der Waals surface area contributed by atoms with Crippen LogP contribution in [0.4, 0.5) is 18.9 Å². The van der Waals surface area contributed by atoms with Crippen molar-refractivity contribution in [2.24, 2.45) is 0 Å². The largest absolute Gasteiger partial charge is 0.502 e. The lowest BCUT2D eigenvalue weighted by molar-refractivity contribution is -0.385. The SMILES string of the molecule is O=C(NCC(O)c1ccccc1C(F)(F)F)c1ccc([N+](=O)[O-])c(O)c1. The van der Waals surface area contributed by atoms with Crippen LogP contribution in [0.1, 0.15) is 27.6 Å². The van der Waals surface area contributed by atoms with Crippen molar-refractivity contribution in [2.75, 3.05) is 6.54 Å². The van der Waals surface area contributed by atoms with E-state index in [9.17, 15) is 38.3 Å². The lowest BCUT2D eigenvalue weighted by Crippen LogP contribution is -2.29. The van der Waals surface area contributed by atoms with Crippen LogP contribution < -0.4 is 5.32 Å². The zero-order valence-electron chi connectivity index (χ0n) is 13.0. The molecule has 1 atom stereocenters. The number of nitro benzene ring substituents is 1. The standard InChI is InChI=1S/C16H13F3N2O5/c17-16(18,19)11-4-2-1-3-10(11)14(23)8-20-15(24)9-5-6-12(21(25)26)13(22)7-9/h1-7,14,22-23H,8H2,(H,20,24). The topological polar surface area (TPSA) is 113 Å². The monoisotopic (exact) mass is 370 g/mol. The van der Waals surface area contributed by atoms with E-state index in [0.717, 1.165) is 30.3 Å². The van der Waals surface area contributed by atoms with E-state index >= 15 is 0 Å². The molecule has 0 fully saturated rings. The van der Waals surface area contributed by atoms with Gasteiger partial charge in [0.1, 0.15) is 0 Å². The van der Waals surface area contributed by atoms with Crippen molar-refractivity contribution >= 4 is 11.6 Å². The second-order valence-electron chi connectivity index (χ2n) is 5.27. The maximum absolute atomic E-state index is 12.9. The predicted octanol–water partition coefficient (Wildman–Crippen LogP) is 2.78. The van der Waals surface area contributed by atoms with Gasteiger partial charge in [0.15, 0.2) is 5.75 Å². The number of hydrogen-bond donors (Lipinski definition) is 3. The Morgan fingerprint density at radius 2 is 1.88 bits per heavy atom. The van der Waals surface area contributed by atoms with Crippen molar-refractivity contribution in [3.05, 3.63) is 69.3 Å². The Morgan fingerprint density at radius 1 is 1.23 bits per heavy atom. The molecule has 0 spiro atoms. The van der Waals surface area contributed by atoms with Crippen molar-refractivity contribution in [3.8, 4) is 5.75 Å². The highest BCUT2D eigenvalue weighted by molar-refractivity contribution is 5.95. The maximum Gasteiger partial charge on any atom is 0.416 e. The van der Waals surface area contributed by atoms with Crippen LogP contribution in [0.15, 0.2) is 42.5 Å². The van der Waals surface area contributed by atoms with E-state index < -0.39 is 52.2 Å². The van der Waals surface area contributed by atoms with E-state index in [2.05, 4.69) is 5.32 Å². The number of phenolic OH excluding ortho intramolecular Hbond substituents is 1. The molecule has 3 N–H and O–H groups in total. The third-order valence-electron chi connectivity index (χ3n) is 3.52. The number of rotatable bonds is 5. The molecule has 0 heterocycles. The summed E-state index contributed by atoms with van der Waals surface area (Å²) in [5, 5.41) is 32.3. The van der Waals surface area contributed by atoms with Crippen molar-refractivity contribution < 1.29 is 33.1 Å². The van der Waals surface area contributed by atoms with E-state index in [1.54, 1.807) is 0 Å². The van der Waals surface area contributed by atoms with Crippen LogP contribution >= 0.6 is 0 Å². The fraction of sp³-hybridized carbons (Fsp3) is 0.188. The Bertz CT molecular complexity index is 839. The number of nitrogens with one attached hydrogen (secondary N) is 1. The minimum Gasteiger partial charge on any atom is -0.502 e. The average Bonchev–Trinajstić information content (AvgIpc) is 2.58. The highest BCUT2D eigenvalue weighted by Crippen LogP contribution is 2.34. The Hall–Kier alpha value is -3.14. The van der Waals surface area contributed by atoms with Crippen molar-refractivity contribution in [1.82, 2.24) is 5.32 Å². The Balaban J connectivity index is 2.11. The predicted molar refractivity (Wildman–Crippen MR) is 83.5 cm³/mol. The van der Waals surface area contributed by atoms with Crippen LogP contribution in [-0.4, -0.2) is 27.6 Å². The van der Waals surface area contributed by atoms with Gasteiger partial charge < -0.3 is 15.5 Å². The summed E-state index contributed by atoms with van der Waals surface area (Å²) in [6, 6.07) is 7.25. The Labute approximate surface area is 144 Å². The average molecular weight is 370 g/mol. The van der Waals surface area contributed by atoms with Gasteiger partial charge in [-0.2, -0.15) is 13.2 Å². The molecule has 0 saturated carbocycles. The summed E-state index contributed by atoms with van der Waals surface area (Å²) in [7, 11) is 0. The third kappa shape index (κ3) is 4.28. The number of alkyl halides is 3. The van der Waals surface area contributed by atoms with Crippen LogP contribution in [-0.2, 0) is 6.18 Å². The van der Waals surface area contributed by atoms with Gasteiger partial charge >= 0.3 is 11.9 Å². The molecule has 0 radical (unpaired) electrons. The molecule has 2 aromatic carbocycles. The molecule has 2 rings (SSSR count). The molecule has 0 aliphatic heterocycles. The van der Waals surface area contributed by atoms with E-state index in [0.29, 0.717) is 0 Å². The van der Waals surface area contributed by atoms with Gasteiger partial charge in [-0.25, -0.2) is 0 Å². The minimum atomic E-state index is -4.66. The highest BCUT2D eigenvalue weighted by Gasteiger charge is 2.34. The smallest absolute Gasteiger partial charge is 0.416 e. The number of benzene rings is 2. The summed E-state index contributed by atoms with van der Waals surface area (Å²) in [5.41, 5.74) is -2.16. The quantitative estimate of drug-likeness (QED) is 0.553. The number of nitro groups is 1. The number of nitrogens with zero attached hydrogens (tertiary/aromatic N) is 1. The van der Waals surface area contributed by atoms with E-state index in [1.165, 1.54) is 12.1 Å². The first-order valence-electron chi connectivity index (χ1n) is 7.21. The number of hydrogen-bond acceptors (Lipinski definition) is 5. The molecular weight excluding hydrogens is 357 g/mol. The van der Waals surface area contributed by atoms with Gasteiger partial charge in [-0.15, -0.1) is 0 Å². The van der Waals surface area contributed by atoms with Crippen molar-refractivity contribution in [3.63, 3.8) is 0 Å². The second kappa shape index (κ2) is 7.40. The van der Waals surface area contributed by atoms with Gasteiger partial charge in [-0.05, 0) is 23.8 Å².